The van der Waals surface area contributed by atoms with Gasteiger partial charge in [-0.2, -0.15) is 0 Å². The molecule has 0 spiro atoms. The van der Waals surface area contributed by atoms with E-state index in [0.717, 1.165) is 11.1 Å². The Labute approximate surface area is 188 Å². The molecule has 2 aromatic carbocycles. The molecular formula is C25H28N2O5. The maximum atomic E-state index is 12.7. The molecule has 2 aromatic rings. The first-order chi connectivity index (χ1) is 15.6. The van der Waals surface area contributed by atoms with Gasteiger partial charge in [0.1, 0.15) is 13.2 Å². The quantitative estimate of drug-likeness (QED) is 0.705. The molecule has 0 atom stereocenters. The smallest absolute Gasteiger partial charge is 0.246 e. The first kappa shape index (κ1) is 21.7. The number of benzene rings is 2. The zero-order valence-corrected chi connectivity index (χ0v) is 18.2. The van der Waals surface area contributed by atoms with Gasteiger partial charge < -0.3 is 24.4 Å². The number of nitrogens with zero attached hydrogens (tertiary/aromatic N) is 1. The number of fused-ring (bicyclic) bond motifs is 1. The third-order valence-corrected chi connectivity index (χ3v) is 5.76. The van der Waals surface area contributed by atoms with Crippen molar-refractivity contribution in [2.75, 3.05) is 33.4 Å². The second-order valence-electron chi connectivity index (χ2n) is 7.88. The molecule has 32 heavy (non-hydrogen) atoms. The van der Waals surface area contributed by atoms with E-state index in [-0.39, 0.29) is 17.7 Å². The van der Waals surface area contributed by atoms with E-state index in [9.17, 15) is 9.59 Å². The van der Waals surface area contributed by atoms with E-state index in [4.69, 9.17) is 14.2 Å². The van der Waals surface area contributed by atoms with Crippen LogP contribution in [0.3, 0.4) is 0 Å². The normalized spacial score (nSPS) is 16.1. The summed E-state index contributed by atoms with van der Waals surface area (Å²) in [7, 11) is 1.58. The zero-order chi connectivity index (χ0) is 22.3. The van der Waals surface area contributed by atoms with Crippen molar-refractivity contribution in [1.29, 1.82) is 0 Å². The maximum Gasteiger partial charge on any atom is 0.246 e. The average Bonchev–Trinajstić information content (AvgIpc) is 2.86. The van der Waals surface area contributed by atoms with Crippen LogP contribution < -0.4 is 19.5 Å². The predicted octanol–water partition coefficient (Wildman–Crippen LogP) is 3.03. The van der Waals surface area contributed by atoms with Crippen molar-refractivity contribution in [1.82, 2.24) is 10.2 Å². The maximum absolute atomic E-state index is 12.7. The van der Waals surface area contributed by atoms with Crippen molar-refractivity contribution in [3.63, 3.8) is 0 Å². The van der Waals surface area contributed by atoms with Crippen LogP contribution in [0.4, 0.5) is 0 Å². The lowest BCUT2D eigenvalue weighted by molar-refractivity contribution is -0.132. The molecule has 168 valence electrons. The molecular weight excluding hydrogens is 408 g/mol. The summed E-state index contributed by atoms with van der Waals surface area (Å²) in [5, 5.41) is 3.00. The summed E-state index contributed by atoms with van der Waals surface area (Å²) < 4.78 is 16.6. The first-order valence-electron chi connectivity index (χ1n) is 10.9. The van der Waals surface area contributed by atoms with Crippen LogP contribution in [0.5, 0.6) is 17.2 Å². The van der Waals surface area contributed by atoms with Gasteiger partial charge >= 0.3 is 0 Å². The predicted molar refractivity (Wildman–Crippen MR) is 121 cm³/mol. The Balaban J connectivity index is 1.29. The van der Waals surface area contributed by atoms with Crippen LogP contribution in [0.15, 0.2) is 48.5 Å². The van der Waals surface area contributed by atoms with Crippen LogP contribution in [-0.4, -0.2) is 50.1 Å². The molecule has 1 fully saturated rings. The molecule has 1 N–H and O–H groups in total. The number of nitrogens with one attached hydrogen (secondary N) is 1. The molecule has 4 rings (SSSR count). The van der Waals surface area contributed by atoms with E-state index in [2.05, 4.69) is 5.32 Å². The summed E-state index contributed by atoms with van der Waals surface area (Å²) in [4.78, 5) is 26.9. The molecule has 0 unspecified atom stereocenters. The Morgan fingerprint density at radius 1 is 1.12 bits per heavy atom. The number of amides is 2. The van der Waals surface area contributed by atoms with Gasteiger partial charge in [-0.15, -0.1) is 0 Å². The van der Waals surface area contributed by atoms with Gasteiger partial charge in [-0.3, -0.25) is 9.59 Å². The van der Waals surface area contributed by atoms with Gasteiger partial charge in [0.2, 0.25) is 17.6 Å². The Morgan fingerprint density at radius 2 is 1.88 bits per heavy atom. The summed E-state index contributed by atoms with van der Waals surface area (Å²) in [6.07, 6.45) is 4.64. The van der Waals surface area contributed by atoms with Gasteiger partial charge in [0, 0.05) is 31.6 Å². The second-order valence-corrected chi connectivity index (χ2v) is 7.88. The van der Waals surface area contributed by atoms with Crippen molar-refractivity contribution in [3.05, 3.63) is 59.7 Å². The summed E-state index contributed by atoms with van der Waals surface area (Å²) in [6, 6.07) is 13.5. The summed E-state index contributed by atoms with van der Waals surface area (Å²) >= 11 is 0. The molecule has 0 saturated carbocycles. The summed E-state index contributed by atoms with van der Waals surface area (Å²) in [5.41, 5.74) is 1.88. The molecule has 0 aromatic heterocycles. The van der Waals surface area contributed by atoms with Crippen molar-refractivity contribution >= 4 is 17.9 Å². The lowest BCUT2D eigenvalue weighted by Crippen LogP contribution is -2.42. The van der Waals surface area contributed by atoms with E-state index in [1.54, 1.807) is 24.2 Å². The molecule has 2 aliphatic heterocycles. The van der Waals surface area contributed by atoms with Gasteiger partial charge in [-0.05, 0) is 42.2 Å². The number of carbonyl (C=O) groups is 2. The molecule has 2 heterocycles. The van der Waals surface area contributed by atoms with Crippen LogP contribution in [-0.2, 0) is 16.1 Å². The van der Waals surface area contributed by atoms with Crippen LogP contribution in [0.2, 0.25) is 0 Å². The van der Waals surface area contributed by atoms with E-state index in [0.29, 0.717) is 62.9 Å². The molecule has 1 saturated heterocycles. The summed E-state index contributed by atoms with van der Waals surface area (Å²) in [6.45, 7) is 2.63. The zero-order valence-electron chi connectivity index (χ0n) is 18.2. The molecule has 0 aliphatic carbocycles. The molecule has 2 amide bonds. The number of methoxy groups -OCH3 is 1. The third-order valence-electron chi connectivity index (χ3n) is 5.76. The van der Waals surface area contributed by atoms with E-state index < -0.39 is 0 Å². The topological polar surface area (TPSA) is 77.1 Å². The largest absolute Gasteiger partial charge is 0.493 e. The van der Waals surface area contributed by atoms with Gasteiger partial charge in [-0.1, -0.05) is 30.3 Å². The van der Waals surface area contributed by atoms with E-state index >= 15 is 0 Å². The minimum Gasteiger partial charge on any atom is -0.493 e. The molecule has 0 radical (unpaired) electrons. The molecule has 7 heteroatoms. The van der Waals surface area contributed by atoms with Crippen LogP contribution in [0.1, 0.15) is 24.0 Å². The van der Waals surface area contributed by atoms with Gasteiger partial charge in [0.05, 0.1) is 7.11 Å². The molecule has 7 nitrogen and oxygen atoms in total. The van der Waals surface area contributed by atoms with Crippen molar-refractivity contribution in [2.45, 2.75) is 19.4 Å². The highest BCUT2D eigenvalue weighted by Gasteiger charge is 2.26. The van der Waals surface area contributed by atoms with E-state index in [1.807, 2.05) is 42.5 Å². The van der Waals surface area contributed by atoms with E-state index in [1.165, 1.54) is 0 Å². The minimum atomic E-state index is -0.0676. The number of likely N-dealkylation sites (tertiary alicyclic amines) is 1. The molecule has 0 bridgehead atoms. The Bertz CT molecular complexity index is 964. The Morgan fingerprint density at radius 3 is 2.62 bits per heavy atom. The lowest BCUT2D eigenvalue weighted by atomic mass is 9.95. The lowest BCUT2D eigenvalue weighted by Gasteiger charge is -2.30. The van der Waals surface area contributed by atoms with Crippen molar-refractivity contribution < 1.29 is 23.8 Å². The summed E-state index contributed by atoms with van der Waals surface area (Å²) in [5.74, 6) is 1.71. The van der Waals surface area contributed by atoms with Crippen LogP contribution >= 0.6 is 0 Å². The van der Waals surface area contributed by atoms with Crippen LogP contribution in [0.25, 0.3) is 6.08 Å². The fourth-order valence-corrected chi connectivity index (χ4v) is 3.95. The highest BCUT2D eigenvalue weighted by Crippen LogP contribution is 2.40. The second kappa shape index (κ2) is 10.2. The fourth-order valence-electron chi connectivity index (χ4n) is 3.95. The first-order valence-corrected chi connectivity index (χ1v) is 10.9. The van der Waals surface area contributed by atoms with Crippen LogP contribution in [0, 0.1) is 5.92 Å². The van der Waals surface area contributed by atoms with Gasteiger partial charge in [0.25, 0.3) is 0 Å². The number of carbonyl (C=O) groups excluding carboxylic acids is 2. The number of hydrogen-bond donors (Lipinski definition) is 1. The fraction of sp³-hybridized carbons (Fsp3) is 0.360. The van der Waals surface area contributed by atoms with Crippen molar-refractivity contribution in [2.24, 2.45) is 5.92 Å². The number of piperidine rings is 1. The highest BCUT2D eigenvalue weighted by molar-refractivity contribution is 5.92. The highest BCUT2D eigenvalue weighted by atomic mass is 16.6. The third kappa shape index (κ3) is 5.22. The average molecular weight is 437 g/mol. The number of hydrogen-bond acceptors (Lipinski definition) is 5. The monoisotopic (exact) mass is 436 g/mol. The minimum absolute atomic E-state index is 0.0554. The molecule has 2 aliphatic rings. The van der Waals surface area contributed by atoms with Crippen molar-refractivity contribution in [3.8, 4) is 17.2 Å². The Kier molecular flexibility index (Phi) is 6.94. The van der Waals surface area contributed by atoms with Gasteiger partial charge in [-0.25, -0.2) is 0 Å². The Hall–Kier alpha value is -3.48. The SMILES string of the molecule is COc1cc(/C=C/C(=O)N2CCC(C(=O)NCc3ccccc3)CC2)cc2c1OCCO2. The standard InChI is InChI=1S/C25H28N2O5/c1-30-21-15-19(16-22-24(21)32-14-13-31-22)7-8-23(28)27-11-9-20(10-12-27)25(29)26-17-18-5-3-2-4-6-18/h2-8,15-16,20H,9-14,17H2,1H3,(H,26,29)/b8-7+. The number of rotatable bonds is 6. The number of ether oxygens (including phenoxy) is 3. The van der Waals surface area contributed by atoms with Gasteiger partial charge in [0.15, 0.2) is 11.5 Å².